The summed E-state index contributed by atoms with van der Waals surface area (Å²) in [6.07, 6.45) is 2.88. The van der Waals surface area contributed by atoms with Crippen LogP contribution < -0.4 is 16.0 Å². The van der Waals surface area contributed by atoms with Crippen molar-refractivity contribution in [3.63, 3.8) is 0 Å². The number of hydrogen-bond acceptors (Lipinski definition) is 4. The Balaban J connectivity index is 0.00000225. The number of carbonyl (C=O) groups is 2. The Morgan fingerprint density at radius 1 is 1.24 bits per heavy atom. The maximum Gasteiger partial charge on any atom is 0.243 e. The SMILES string of the molecule is Cl.O=C(CC1COCCN1)NC(Cc1ccccc1)C(=O)NC1CC1. The van der Waals surface area contributed by atoms with Crippen LogP contribution in [-0.4, -0.2) is 49.7 Å². The standard InChI is InChI=1S/C18H25N3O3.ClH/c22-17(11-15-12-24-9-8-19-15)21-16(18(23)20-14-6-7-14)10-13-4-2-1-3-5-13;/h1-5,14-16,19H,6-12H2,(H,20,23)(H,21,22);1H. The minimum atomic E-state index is -0.537. The van der Waals surface area contributed by atoms with Crippen LogP contribution in [0.3, 0.4) is 0 Å². The first-order valence-corrected chi connectivity index (χ1v) is 8.65. The maximum absolute atomic E-state index is 12.5. The summed E-state index contributed by atoms with van der Waals surface area (Å²) in [6, 6.07) is 9.52. The van der Waals surface area contributed by atoms with E-state index in [0.717, 1.165) is 24.9 Å². The minimum absolute atomic E-state index is 0. The molecule has 1 aromatic rings. The number of nitrogens with one attached hydrogen (secondary N) is 3. The third-order valence-electron chi connectivity index (χ3n) is 4.29. The fraction of sp³-hybridized carbons (Fsp3) is 0.556. The van der Waals surface area contributed by atoms with Gasteiger partial charge in [0, 0.05) is 31.5 Å². The molecule has 2 fully saturated rings. The quantitative estimate of drug-likeness (QED) is 0.666. The van der Waals surface area contributed by atoms with E-state index in [2.05, 4.69) is 16.0 Å². The molecule has 1 saturated heterocycles. The van der Waals surface area contributed by atoms with Crippen LogP contribution in [0.25, 0.3) is 0 Å². The first-order valence-electron chi connectivity index (χ1n) is 8.65. The first-order chi connectivity index (χ1) is 11.7. The van der Waals surface area contributed by atoms with Crippen LogP contribution in [0.2, 0.25) is 0 Å². The van der Waals surface area contributed by atoms with Gasteiger partial charge in [-0.3, -0.25) is 9.59 Å². The molecule has 2 unspecified atom stereocenters. The molecule has 138 valence electrons. The molecule has 6 nitrogen and oxygen atoms in total. The number of benzene rings is 1. The average Bonchev–Trinajstić information content (AvgIpc) is 3.40. The average molecular weight is 368 g/mol. The van der Waals surface area contributed by atoms with E-state index in [-0.39, 0.29) is 36.3 Å². The van der Waals surface area contributed by atoms with E-state index >= 15 is 0 Å². The second-order valence-electron chi connectivity index (χ2n) is 6.52. The maximum atomic E-state index is 12.5. The van der Waals surface area contributed by atoms with Gasteiger partial charge in [-0.25, -0.2) is 0 Å². The van der Waals surface area contributed by atoms with Crippen LogP contribution in [0.4, 0.5) is 0 Å². The zero-order chi connectivity index (χ0) is 16.8. The molecular weight excluding hydrogens is 342 g/mol. The second kappa shape index (κ2) is 9.75. The van der Waals surface area contributed by atoms with Gasteiger partial charge in [0.1, 0.15) is 6.04 Å². The molecule has 1 heterocycles. The zero-order valence-electron chi connectivity index (χ0n) is 14.2. The van der Waals surface area contributed by atoms with Crippen LogP contribution in [0.1, 0.15) is 24.8 Å². The molecule has 25 heavy (non-hydrogen) atoms. The first kappa shape index (κ1) is 19.7. The second-order valence-corrected chi connectivity index (χ2v) is 6.52. The number of ether oxygens (including phenoxy) is 1. The van der Waals surface area contributed by atoms with Gasteiger partial charge < -0.3 is 20.7 Å². The highest BCUT2D eigenvalue weighted by Gasteiger charge is 2.29. The topological polar surface area (TPSA) is 79.5 Å². The Labute approximate surface area is 154 Å². The summed E-state index contributed by atoms with van der Waals surface area (Å²) in [4.78, 5) is 24.8. The molecule has 0 spiro atoms. The summed E-state index contributed by atoms with van der Waals surface area (Å²) in [5.41, 5.74) is 1.04. The van der Waals surface area contributed by atoms with Gasteiger partial charge in [-0.05, 0) is 18.4 Å². The van der Waals surface area contributed by atoms with Crippen LogP contribution >= 0.6 is 12.4 Å². The van der Waals surface area contributed by atoms with Gasteiger partial charge in [0.25, 0.3) is 0 Å². The lowest BCUT2D eigenvalue weighted by atomic mass is 10.0. The van der Waals surface area contributed by atoms with E-state index in [4.69, 9.17) is 4.74 Å². The summed E-state index contributed by atoms with van der Waals surface area (Å²) in [7, 11) is 0. The molecular formula is C18H26ClN3O3. The molecule has 1 aliphatic carbocycles. The van der Waals surface area contributed by atoms with E-state index in [1.807, 2.05) is 30.3 Å². The zero-order valence-corrected chi connectivity index (χ0v) is 15.0. The number of rotatable bonds is 7. The van der Waals surface area contributed by atoms with Crippen molar-refractivity contribution in [1.82, 2.24) is 16.0 Å². The van der Waals surface area contributed by atoms with Crippen molar-refractivity contribution in [3.05, 3.63) is 35.9 Å². The number of halogens is 1. The van der Waals surface area contributed by atoms with Crippen LogP contribution in [0.15, 0.2) is 30.3 Å². The van der Waals surface area contributed by atoms with Crippen molar-refractivity contribution in [2.75, 3.05) is 19.8 Å². The van der Waals surface area contributed by atoms with E-state index in [1.165, 1.54) is 0 Å². The highest BCUT2D eigenvalue weighted by molar-refractivity contribution is 5.88. The van der Waals surface area contributed by atoms with Crippen molar-refractivity contribution in [3.8, 4) is 0 Å². The molecule has 0 aromatic heterocycles. The van der Waals surface area contributed by atoms with Gasteiger partial charge in [0.05, 0.1) is 13.2 Å². The lowest BCUT2D eigenvalue weighted by Crippen LogP contribution is -2.51. The number of morpholine rings is 1. The molecule has 1 saturated carbocycles. The smallest absolute Gasteiger partial charge is 0.243 e. The predicted octanol–water partition coefficient (Wildman–Crippen LogP) is 0.793. The third kappa shape index (κ3) is 6.65. The Morgan fingerprint density at radius 2 is 2.00 bits per heavy atom. The largest absolute Gasteiger partial charge is 0.378 e. The summed E-state index contributed by atoms with van der Waals surface area (Å²) in [6.45, 7) is 1.97. The molecule has 0 bridgehead atoms. The normalized spacial score (nSPS) is 20.9. The molecule has 7 heteroatoms. The Morgan fingerprint density at radius 3 is 2.64 bits per heavy atom. The lowest BCUT2D eigenvalue weighted by molar-refractivity contribution is -0.129. The van der Waals surface area contributed by atoms with Crippen molar-refractivity contribution < 1.29 is 14.3 Å². The lowest BCUT2D eigenvalue weighted by Gasteiger charge is -2.24. The fourth-order valence-corrected chi connectivity index (χ4v) is 2.82. The minimum Gasteiger partial charge on any atom is -0.378 e. The molecule has 3 N–H and O–H groups in total. The Hall–Kier alpha value is -1.63. The van der Waals surface area contributed by atoms with Gasteiger partial charge in [-0.2, -0.15) is 0 Å². The van der Waals surface area contributed by atoms with E-state index in [9.17, 15) is 9.59 Å². The molecule has 2 aliphatic rings. The Bertz CT molecular complexity index is 560. The van der Waals surface area contributed by atoms with Crippen molar-refractivity contribution in [1.29, 1.82) is 0 Å². The summed E-state index contributed by atoms with van der Waals surface area (Å²) in [5, 5.41) is 9.15. The summed E-state index contributed by atoms with van der Waals surface area (Å²) < 4.78 is 5.37. The number of carbonyl (C=O) groups excluding carboxylic acids is 2. The van der Waals surface area contributed by atoms with Gasteiger partial charge >= 0.3 is 0 Å². The molecule has 1 aliphatic heterocycles. The Kier molecular flexibility index (Phi) is 7.68. The van der Waals surface area contributed by atoms with Crippen LogP contribution in [-0.2, 0) is 20.7 Å². The fourth-order valence-electron chi connectivity index (χ4n) is 2.82. The van der Waals surface area contributed by atoms with Crippen LogP contribution in [0, 0.1) is 0 Å². The highest BCUT2D eigenvalue weighted by atomic mass is 35.5. The van der Waals surface area contributed by atoms with E-state index < -0.39 is 6.04 Å². The summed E-state index contributed by atoms with van der Waals surface area (Å²) in [5.74, 6) is -0.215. The molecule has 3 rings (SSSR count). The molecule has 2 amide bonds. The van der Waals surface area contributed by atoms with E-state index in [0.29, 0.717) is 26.1 Å². The van der Waals surface area contributed by atoms with Gasteiger partial charge in [-0.1, -0.05) is 30.3 Å². The molecule has 2 atom stereocenters. The number of amides is 2. The third-order valence-corrected chi connectivity index (χ3v) is 4.29. The van der Waals surface area contributed by atoms with Crippen LogP contribution in [0.5, 0.6) is 0 Å². The highest BCUT2D eigenvalue weighted by Crippen LogP contribution is 2.19. The molecule has 1 aromatic carbocycles. The molecule has 0 radical (unpaired) electrons. The number of hydrogen-bond donors (Lipinski definition) is 3. The summed E-state index contributed by atoms with van der Waals surface area (Å²) >= 11 is 0. The van der Waals surface area contributed by atoms with Crippen molar-refractivity contribution >= 4 is 24.2 Å². The van der Waals surface area contributed by atoms with Crippen molar-refractivity contribution in [2.24, 2.45) is 0 Å². The van der Waals surface area contributed by atoms with Gasteiger partial charge in [0.2, 0.25) is 11.8 Å². The van der Waals surface area contributed by atoms with E-state index in [1.54, 1.807) is 0 Å². The van der Waals surface area contributed by atoms with Gasteiger partial charge in [0.15, 0.2) is 0 Å². The van der Waals surface area contributed by atoms with Crippen molar-refractivity contribution in [2.45, 2.75) is 43.8 Å². The van der Waals surface area contributed by atoms with Gasteiger partial charge in [-0.15, -0.1) is 12.4 Å². The monoisotopic (exact) mass is 367 g/mol. The predicted molar refractivity (Wildman–Crippen MR) is 97.7 cm³/mol.